The SMILES string of the molecule is Cc1cc(OCc2cccc(F)c2)nc(-c2ccccc2)n1. The van der Waals surface area contributed by atoms with Gasteiger partial charge in [0.15, 0.2) is 5.82 Å². The molecule has 0 aliphatic rings. The van der Waals surface area contributed by atoms with Crippen molar-refractivity contribution in [3.8, 4) is 17.3 Å². The van der Waals surface area contributed by atoms with Gasteiger partial charge in [-0.1, -0.05) is 42.5 Å². The third kappa shape index (κ3) is 3.47. The Kier molecular flexibility index (Phi) is 4.10. The monoisotopic (exact) mass is 294 g/mol. The van der Waals surface area contributed by atoms with E-state index in [-0.39, 0.29) is 12.4 Å². The van der Waals surface area contributed by atoms with E-state index in [0.717, 1.165) is 16.8 Å². The molecule has 0 aliphatic heterocycles. The summed E-state index contributed by atoms with van der Waals surface area (Å²) >= 11 is 0. The summed E-state index contributed by atoms with van der Waals surface area (Å²) in [6.07, 6.45) is 0. The minimum absolute atomic E-state index is 0.266. The van der Waals surface area contributed by atoms with Crippen molar-refractivity contribution in [3.63, 3.8) is 0 Å². The van der Waals surface area contributed by atoms with Crippen molar-refractivity contribution in [2.75, 3.05) is 0 Å². The van der Waals surface area contributed by atoms with Crippen LogP contribution in [-0.2, 0) is 6.61 Å². The molecule has 1 heterocycles. The largest absolute Gasteiger partial charge is 0.473 e. The summed E-state index contributed by atoms with van der Waals surface area (Å²) in [5.41, 5.74) is 2.52. The maximum absolute atomic E-state index is 13.2. The first-order valence-corrected chi connectivity index (χ1v) is 6.99. The Morgan fingerprint density at radius 2 is 1.77 bits per heavy atom. The summed E-state index contributed by atoms with van der Waals surface area (Å²) in [4.78, 5) is 8.84. The second-order valence-electron chi connectivity index (χ2n) is 4.96. The van der Waals surface area contributed by atoms with Crippen LogP contribution in [0.15, 0.2) is 60.7 Å². The predicted octanol–water partition coefficient (Wildman–Crippen LogP) is 4.17. The number of hydrogen-bond donors (Lipinski definition) is 0. The molecule has 0 radical (unpaired) electrons. The number of hydrogen-bond acceptors (Lipinski definition) is 3. The van der Waals surface area contributed by atoms with Gasteiger partial charge in [0, 0.05) is 17.3 Å². The van der Waals surface area contributed by atoms with E-state index in [2.05, 4.69) is 9.97 Å². The average Bonchev–Trinajstić information content (AvgIpc) is 2.53. The van der Waals surface area contributed by atoms with Gasteiger partial charge in [-0.25, -0.2) is 9.37 Å². The molecule has 2 aromatic carbocycles. The smallest absolute Gasteiger partial charge is 0.217 e. The van der Waals surface area contributed by atoms with Crippen LogP contribution in [0, 0.1) is 12.7 Å². The Morgan fingerprint density at radius 3 is 2.55 bits per heavy atom. The van der Waals surface area contributed by atoms with Gasteiger partial charge in [-0.15, -0.1) is 0 Å². The minimum Gasteiger partial charge on any atom is -0.473 e. The van der Waals surface area contributed by atoms with Crippen LogP contribution in [0.5, 0.6) is 5.88 Å². The van der Waals surface area contributed by atoms with Crippen LogP contribution >= 0.6 is 0 Å². The summed E-state index contributed by atoms with van der Waals surface area (Å²) in [5, 5.41) is 0. The van der Waals surface area contributed by atoms with Gasteiger partial charge in [-0.05, 0) is 24.6 Å². The maximum atomic E-state index is 13.2. The predicted molar refractivity (Wildman–Crippen MR) is 82.9 cm³/mol. The second-order valence-corrected chi connectivity index (χ2v) is 4.96. The Balaban J connectivity index is 1.81. The van der Waals surface area contributed by atoms with Gasteiger partial charge in [0.25, 0.3) is 0 Å². The molecule has 0 spiro atoms. The van der Waals surface area contributed by atoms with Gasteiger partial charge in [0.05, 0.1) is 0 Å². The van der Waals surface area contributed by atoms with Crippen molar-refractivity contribution in [2.45, 2.75) is 13.5 Å². The molecule has 0 saturated carbocycles. The Bertz CT molecular complexity index is 775. The number of aryl methyl sites for hydroxylation is 1. The van der Waals surface area contributed by atoms with Gasteiger partial charge in [-0.2, -0.15) is 4.98 Å². The van der Waals surface area contributed by atoms with Gasteiger partial charge < -0.3 is 4.74 Å². The fraction of sp³-hybridized carbons (Fsp3) is 0.111. The van der Waals surface area contributed by atoms with Gasteiger partial charge >= 0.3 is 0 Å². The van der Waals surface area contributed by atoms with Crippen LogP contribution in [0.3, 0.4) is 0 Å². The van der Waals surface area contributed by atoms with E-state index >= 15 is 0 Å². The van der Waals surface area contributed by atoms with Crippen LogP contribution in [0.2, 0.25) is 0 Å². The zero-order valence-corrected chi connectivity index (χ0v) is 12.2. The van der Waals surface area contributed by atoms with Crippen molar-refractivity contribution in [1.82, 2.24) is 9.97 Å². The van der Waals surface area contributed by atoms with Crippen molar-refractivity contribution >= 4 is 0 Å². The molecule has 0 bridgehead atoms. The number of nitrogens with zero attached hydrogens (tertiary/aromatic N) is 2. The summed E-state index contributed by atoms with van der Waals surface area (Å²) < 4.78 is 18.8. The molecule has 0 saturated heterocycles. The second kappa shape index (κ2) is 6.35. The fourth-order valence-corrected chi connectivity index (χ4v) is 2.11. The molecule has 0 atom stereocenters. The van der Waals surface area contributed by atoms with E-state index in [1.807, 2.05) is 43.3 Å². The number of benzene rings is 2. The molecule has 0 fully saturated rings. The van der Waals surface area contributed by atoms with Crippen LogP contribution in [0.25, 0.3) is 11.4 Å². The molecular weight excluding hydrogens is 279 g/mol. The zero-order chi connectivity index (χ0) is 15.4. The van der Waals surface area contributed by atoms with Crippen LogP contribution in [0.4, 0.5) is 4.39 Å². The molecule has 0 aliphatic carbocycles. The first kappa shape index (κ1) is 14.2. The highest BCUT2D eigenvalue weighted by Gasteiger charge is 2.06. The molecule has 0 unspecified atom stereocenters. The quantitative estimate of drug-likeness (QED) is 0.724. The third-order valence-electron chi connectivity index (χ3n) is 3.14. The molecule has 110 valence electrons. The summed E-state index contributed by atoms with van der Waals surface area (Å²) in [6, 6.07) is 17.8. The Hall–Kier alpha value is -2.75. The van der Waals surface area contributed by atoms with E-state index in [1.165, 1.54) is 12.1 Å². The fourth-order valence-electron chi connectivity index (χ4n) is 2.11. The van der Waals surface area contributed by atoms with Crippen LogP contribution < -0.4 is 4.74 Å². The first-order chi connectivity index (χ1) is 10.7. The summed E-state index contributed by atoms with van der Waals surface area (Å²) in [6.45, 7) is 2.16. The molecule has 3 aromatic rings. The van der Waals surface area contributed by atoms with Gasteiger partial charge in [0.1, 0.15) is 12.4 Å². The molecule has 1 aromatic heterocycles. The van der Waals surface area contributed by atoms with E-state index in [0.29, 0.717) is 11.7 Å². The molecule has 0 amide bonds. The van der Waals surface area contributed by atoms with E-state index in [1.54, 1.807) is 12.1 Å². The van der Waals surface area contributed by atoms with E-state index in [4.69, 9.17) is 4.74 Å². The standard InChI is InChI=1S/C18H15FN2O/c1-13-10-17(22-12-14-6-5-9-16(19)11-14)21-18(20-13)15-7-3-2-4-8-15/h2-11H,12H2,1H3. The third-order valence-corrected chi connectivity index (χ3v) is 3.14. The van der Waals surface area contributed by atoms with Crippen LogP contribution in [0.1, 0.15) is 11.3 Å². The number of ether oxygens (including phenoxy) is 1. The normalized spacial score (nSPS) is 10.5. The number of rotatable bonds is 4. The summed E-state index contributed by atoms with van der Waals surface area (Å²) in [5.74, 6) is 0.829. The number of halogens is 1. The molecule has 3 nitrogen and oxygen atoms in total. The lowest BCUT2D eigenvalue weighted by Gasteiger charge is -2.08. The molecule has 0 N–H and O–H groups in total. The molecule has 4 heteroatoms. The van der Waals surface area contributed by atoms with Crippen molar-refractivity contribution < 1.29 is 9.13 Å². The lowest BCUT2D eigenvalue weighted by molar-refractivity contribution is 0.293. The summed E-state index contributed by atoms with van der Waals surface area (Å²) in [7, 11) is 0. The van der Waals surface area contributed by atoms with Gasteiger partial charge in [0.2, 0.25) is 5.88 Å². The molecular formula is C18H15FN2O. The van der Waals surface area contributed by atoms with Crippen LogP contribution in [-0.4, -0.2) is 9.97 Å². The Labute approximate surface area is 128 Å². The lowest BCUT2D eigenvalue weighted by Crippen LogP contribution is -2.01. The molecule has 3 rings (SSSR count). The van der Waals surface area contributed by atoms with Crippen molar-refractivity contribution in [2.24, 2.45) is 0 Å². The highest BCUT2D eigenvalue weighted by atomic mass is 19.1. The van der Waals surface area contributed by atoms with Crippen molar-refractivity contribution in [1.29, 1.82) is 0 Å². The number of aromatic nitrogens is 2. The highest BCUT2D eigenvalue weighted by Crippen LogP contribution is 2.19. The Morgan fingerprint density at radius 1 is 0.955 bits per heavy atom. The maximum Gasteiger partial charge on any atom is 0.217 e. The van der Waals surface area contributed by atoms with E-state index < -0.39 is 0 Å². The zero-order valence-electron chi connectivity index (χ0n) is 12.2. The first-order valence-electron chi connectivity index (χ1n) is 6.99. The van der Waals surface area contributed by atoms with Crippen molar-refractivity contribution in [3.05, 3.63) is 77.7 Å². The minimum atomic E-state index is -0.273. The topological polar surface area (TPSA) is 35.0 Å². The molecule has 22 heavy (non-hydrogen) atoms. The lowest BCUT2D eigenvalue weighted by atomic mass is 10.2. The van der Waals surface area contributed by atoms with E-state index in [9.17, 15) is 4.39 Å². The average molecular weight is 294 g/mol. The van der Waals surface area contributed by atoms with Gasteiger partial charge in [-0.3, -0.25) is 0 Å². The highest BCUT2D eigenvalue weighted by molar-refractivity contribution is 5.55.